The molecule has 0 radical (unpaired) electrons. The number of aliphatic hydroxyl groups is 1. The molecule has 204 valence electrons. The SMILES string of the molecule is C=CC[C@@]1(C(=O)NCc2cc(OC)cc(OC)c2)N=C(c2ccc(OCCCO)cc2)O[C@@H]1c1ccccc1. The normalized spacial score (nSPS) is 18.0. The summed E-state index contributed by atoms with van der Waals surface area (Å²) in [6, 6.07) is 22.4. The first-order chi connectivity index (χ1) is 19.0. The van der Waals surface area contributed by atoms with Crippen LogP contribution in [0.4, 0.5) is 0 Å². The highest BCUT2D eigenvalue weighted by Gasteiger charge is 2.52. The van der Waals surface area contributed by atoms with Crippen molar-refractivity contribution in [2.45, 2.75) is 31.0 Å². The third kappa shape index (κ3) is 6.41. The molecule has 2 atom stereocenters. The molecule has 4 rings (SSSR count). The number of benzene rings is 3. The lowest BCUT2D eigenvalue weighted by Gasteiger charge is -2.29. The Hall–Kier alpha value is -4.30. The number of nitrogens with one attached hydrogen (secondary N) is 1. The van der Waals surface area contributed by atoms with Crippen LogP contribution < -0.4 is 19.5 Å². The van der Waals surface area contributed by atoms with Crippen LogP contribution in [0.1, 0.15) is 35.6 Å². The second-order valence-electron chi connectivity index (χ2n) is 9.10. The summed E-state index contributed by atoms with van der Waals surface area (Å²) in [6.07, 6.45) is 1.86. The minimum absolute atomic E-state index is 0.0718. The lowest BCUT2D eigenvalue weighted by molar-refractivity contribution is -0.129. The van der Waals surface area contributed by atoms with Crippen LogP contribution >= 0.6 is 0 Å². The highest BCUT2D eigenvalue weighted by atomic mass is 16.5. The van der Waals surface area contributed by atoms with Gasteiger partial charge in [0.05, 0.1) is 20.8 Å². The fraction of sp³-hybridized carbons (Fsp3) is 0.290. The molecule has 0 fully saturated rings. The largest absolute Gasteiger partial charge is 0.497 e. The summed E-state index contributed by atoms with van der Waals surface area (Å²) in [5.74, 6) is 2.03. The van der Waals surface area contributed by atoms with Gasteiger partial charge in [0.25, 0.3) is 5.91 Å². The van der Waals surface area contributed by atoms with Crippen LogP contribution in [0.3, 0.4) is 0 Å². The minimum atomic E-state index is -1.27. The van der Waals surface area contributed by atoms with Gasteiger partial charge in [0.1, 0.15) is 17.2 Å². The molecule has 0 saturated carbocycles. The number of hydrogen-bond donors (Lipinski definition) is 2. The highest BCUT2D eigenvalue weighted by molar-refractivity contribution is 6.01. The number of aliphatic imine (C=N–C) groups is 1. The van der Waals surface area contributed by atoms with Crippen LogP contribution in [0.15, 0.2) is 90.4 Å². The number of carbonyl (C=O) groups excluding carboxylic acids is 1. The number of carbonyl (C=O) groups is 1. The Morgan fingerprint density at radius 1 is 1.05 bits per heavy atom. The molecule has 0 spiro atoms. The monoisotopic (exact) mass is 530 g/mol. The number of ether oxygens (including phenoxy) is 4. The summed E-state index contributed by atoms with van der Waals surface area (Å²) in [5, 5.41) is 12.0. The average molecular weight is 531 g/mol. The Kier molecular flexibility index (Phi) is 9.22. The summed E-state index contributed by atoms with van der Waals surface area (Å²) in [7, 11) is 3.17. The number of aliphatic hydroxyl groups excluding tert-OH is 1. The van der Waals surface area contributed by atoms with E-state index >= 15 is 0 Å². The quantitative estimate of drug-likeness (QED) is 0.247. The standard InChI is InChI=1S/C31H34N2O6/c1-4-15-31(30(35)32-21-22-18-26(36-2)20-27(19-22)37-3)28(23-9-6-5-7-10-23)39-29(33-31)24-11-13-25(14-12-24)38-17-8-16-34/h4-7,9-14,18-20,28,34H,1,8,15-17,21H2,2-3H3,(H,32,35)/t28-,31-/m1/s1. The first-order valence-electron chi connectivity index (χ1n) is 12.8. The molecular weight excluding hydrogens is 496 g/mol. The maximum atomic E-state index is 14.0. The van der Waals surface area contributed by atoms with Crippen LogP contribution in [-0.4, -0.2) is 49.9 Å². The zero-order valence-corrected chi connectivity index (χ0v) is 22.3. The predicted molar refractivity (Wildman–Crippen MR) is 149 cm³/mol. The van der Waals surface area contributed by atoms with Gasteiger partial charge in [0.15, 0.2) is 11.6 Å². The van der Waals surface area contributed by atoms with Crippen LogP contribution in [0.2, 0.25) is 0 Å². The molecule has 1 aliphatic rings. The molecule has 8 heteroatoms. The molecule has 0 unspecified atom stereocenters. The summed E-state index contributed by atoms with van der Waals surface area (Å²) in [5.41, 5.74) is 1.11. The van der Waals surface area contributed by atoms with Crippen molar-refractivity contribution in [2.24, 2.45) is 4.99 Å². The minimum Gasteiger partial charge on any atom is -0.497 e. The zero-order chi connectivity index (χ0) is 27.7. The second kappa shape index (κ2) is 13.0. The molecule has 0 aromatic heterocycles. The van der Waals surface area contributed by atoms with Crippen molar-refractivity contribution in [2.75, 3.05) is 27.4 Å². The number of rotatable bonds is 13. The third-order valence-electron chi connectivity index (χ3n) is 6.45. The van der Waals surface area contributed by atoms with Gasteiger partial charge in [0, 0.05) is 37.6 Å². The van der Waals surface area contributed by atoms with Gasteiger partial charge in [0.2, 0.25) is 5.90 Å². The molecule has 3 aromatic rings. The molecule has 39 heavy (non-hydrogen) atoms. The van der Waals surface area contributed by atoms with E-state index in [1.807, 2.05) is 66.7 Å². The van der Waals surface area contributed by atoms with E-state index in [4.69, 9.17) is 29.0 Å². The Bertz CT molecular complexity index is 1270. The van der Waals surface area contributed by atoms with Crippen molar-refractivity contribution in [1.82, 2.24) is 5.32 Å². The molecule has 0 saturated heterocycles. The van der Waals surface area contributed by atoms with Gasteiger partial charge >= 0.3 is 0 Å². The van der Waals surface area contributed by atoms with Gasteiger partial charge in [-0.3, -0.25) is 4.79 Å². The van der Waals surface area contributed by atoms with Crippen LogP contribution in [0.5, 0.6) is 17.2 Å². The Labute approximate surface area is 228 Å². The van der Waals surface area contributed by atoms with Crippen molar-refractivity contribution in [3.8, 4) is 17.2 Å². The maximum Gasteiger partial charge on any atom is 0.252 e. The first kappa shape index (κ1) is 27.7. The first-order valence-corrected chi connectivity index (χ1v) is 12.8. The van der Waals surface area contributed by atoms with E-state index < -0.39 is 11.6 Å². The second-order valence-corrected chi connectivity index (χ2v) is 9.10. The van der Waals surface area contributed by atoms with Crippen molar-refractivity contribution < 1.29 is 28.8 Å². The van der Waals surface area contributed by atoms with Gasteiger partial charge in [-0.25, -0.2) is 4.99 Å². The van der Waals surface area contributed by atoms with E-state index in [0.29, 0.717) is 36.2 Å². The van der Waals surface area contributed by atoms with Gasteiger partial charge in [-0.1, -0.05) is 36.4 Å². The third-order valence-corrected chi connectivity index (χ3v) is 6.45. The fourth-order valence-corrected chi connectivity index (χ4v) is 4.47. The van der Waals surface area contributed by atoms with Gasteiger partial charge in [-0.15, -0.1) is 6.58 Å². The lowest BCUT2D eigenvalue weighted by Crippen LogP contribution is -2.47. The predicted octanol–water partition coefficient (Wildman–Crippen LogP) is 4.61. The number of hydrogen-bond acceptors (Lipinski definition) is 7. The van der Waals surface area contributed by atoms with Crippen LogP contribution in [-0.2, 0) is 16.1 Å². The van der Waals surface area contributed by atoms with Gasteiger partial charge in [-0.05, 0) is 47.5 Å². The molecule has 8 nitrogen and oxygen atoms in total. The summed E-state index contributed by atoms with van der Waals surface area (Å²) < 4.78 is 22.8. The summed E-state index contributed by atoms with van der Waals surface area (Å²) in [6.45, 7) is 4.66. The lowest BCUT2D eigenvalue weighted by atomic mass is 9.84. The van der Waals surface area contributed by atoms with E-state index in [-0.39, 0.29) is 25.5 Å². The molecule has 2 N–H and O–H groups in total. The molecule has 1 aliphatic heterocycles. The number of nitrogens with zero attached hydrogens (tertiary/aromatic N) is 1. The summed E-state index contributed by atoms with van der Waals surface area (Å²) >= 11 is 0. The topological polar surface area (TPSA) is 98.6 Å². The molecule has 1 amide bonds. The van der Waals surface area contributed by atoms with Crippen LogP contribution in [0, 0.1) is 0 Å². The Morgan fingerprint density at radius 3 is 2.36 bits per heavy atom. The number of methoxy groups -OCH3 is 2. The molecule has 0 bridgehead atoms. The van der Waals surface area contributed by atoms with Crippen molar-refractivity contribution in [3.63, 3.8) is 0 Å². The van der Waals surface area contributed by atoms with E-state index in [1.54, 1.807) is 26.4 Å². The highest BCUT2D eigenvalue weighted by Crippen LogP contribution is 2.42. The van der Waals surface area contributed by atoms with E-state index in [1.165, 1.54) is 0 Å². The summed E-state index contributed by atoms with van der Waals surface area (Å²) in [4.78, 5) is 18.9. The van der Waals surface area contributed by atoms with E-state index in [2.05, 4.69) is 11.9 Å². The molecular formula is C31H34N2O6. The van der Waals surface area contributed by atoms with Crippen molar-refractivity contribution in [3.05, 3.63) is 102 Å². The average Bonchev–Trinajstić information content (AvgIpc) is 3.37. The van der Waals surface area contributed by atoms with Crippen molar-refractivity contribution in [1.29, 1.82) is 0 Å². The van der Waals surface area contributed by atoms with Gasteiger partial charge < -0.3 is 29.4 Å². The van der Waals surface area contributed by atoms with Crippen molar-refractivity contribution >= 4 is 11.8 Å². The van der Waals surface area contributed by atoms with Gasteiger partial charge in [-0.2, -0.15) is 0 Å². The maximum absolute atomic E-state index is 14.0. The molecule has 1 heterocycles. The Morgan fingerprint density at radius 2 is 1.74 bits per heavy atom. The van der Waals surface area contributed by atoms with E-state index in [0.717, 1.165) is 16.7 Å². The smallest absolute Gasteiger partial charge is 0.252 e. The fourth-order valence-electron chi connectivity index (χ4n) is 4.47. The zero-order valence-electron chi connectivity index (χ0n) is 22.3. The van der Waals surface area contributed by atoms with Crippen LogP contribution in [0.25, 0.3) is 0 Å². The number of amides is 1. The Balaban J connectivity index is 1.65. The molecule has 3 aromatic carbocycles. The molecule has 0 aliphatic carbocycles. The van der Waals surface area contributed by atoms with E-state index in [9.17, 15) is 4.79 Å².